The van der Waals surface area contributed by atoms with Crippen molar-refractivity contribution in [3.63, 3.8) is 0 Å². The Balaban J connectivity index is 1.17. The van der Waals surface area contributed by atoms with Crippen molar-refractivity contribution < 1.29 is 4.42 Å². The number of hydrogen-bond donors (Lipinski definition) is 0. The zero-order chi connectivity index (χ0) is 34.1. The third-order valence-electron chi connectivity index (χ3n) is 10.9. The Hall–Kier alpha value is -6.38. The largest absolute Gasteiger partial charge is 0.455 e. The molecule has 0 spiro atoms. The Bertz CT molecular complexity index is 2770. The third kappa shape index (κ3) is 4.64. The van der Waals surface area contributed by atoms with Gasteiger partial charge in [0.05, 0.1) is 5.69 Å². The van der Waals surface area contributed by atoms with Gasteiger partial charge in [-0.05, 0) is 92.9 Å². The second-order valence-electron chi connectivity index (χ2n) is 14.1. The van der Waals surface area contributed by atoms with Crippen molar-refractivity contribution in [2.45, 2.75) is 19.3 Å². The number of nitrogens with zero attached hydrogens (tertiary/aromatic N) is 1. The summed E-state index contributed by atoms with van der Waals surface area (Å²) in [4.78, 5) is 2.43. The fraction of sp³-hybridized carbons (Fsp3) is 0.0612. The molecule has 9 aromatic rings. The summed E-state index contributed by atoms with van der Waals surface area (Å²) in [7, 11) is 0. The van der Waals surface area contributed by atoms with Gasteiger partial charge in [-0.1, -0.05) is 141 Å². The first-order valence-electron chi connectivity index (χ1n) is 17.7. The van der Waals surface area contributed by atoms with E-state index in [9.17, 15) is 0 Å². The van der Waals surface area contributed by atoms with Crippen molar-refractivity contribution in [3.05, 3.63) is 187 Å². The summed E-state index contributed by atoms with van der Waals surface area (Å²) in [5.41, 5.74) is 15.2. The maximum absolute atomic E-state index is 6.50. The van der Waals surface area contributed by atoms with Gasteiger partial charge in [-0.2, -0.15) is 0 Å². The van der Waals surface area contributed by atoms with Crippen LogP contribution in [0.1, 0.15) is 25.0 Å². The Morgan fingerprint density at radius 1 is 0.431 bits per heavy atom. The summed E-state index contributed by atoms with van der Waals surface area (Å²) in [6.07, 6.45) is 0. The Labute approximate surface area is 297 Å². The van der Waals surface area contributed by atoms with Gasteiger partial charge in [-0.25, -0.2) is 0 Å². The molecule has 0 saturated carbocycles. The van der Waals surface area contributed by atoms with Crippen LogP contribution in [0.5, 0.6) is 0 Å². The highest BCUT2D eigenvalue weighted by Crippen LogP contribution is 2.51. The molecule has 10 rings (SSSR count). The lowest BCUT2D eigenvalue weighted by Gasteiger charge is -2.30. The number of fused-ring (bicyclic) bond motifs is 8. The van der Waals surface area contributed by atoms with E-state index in [1.54, 1.807) is 0 Å². The van der Waals surface area contributed by atoms with E-state index in [-0.39, 0.29) is 5.41 Å². The molecule has 8 aromatic carbocycles. The quantitative estimate of drug-likeness (QED) is 0.184. The molecule has 2 nitrogen and oxygen atoms in total. The van der Waals surface area contributed by atoms with E-state index in [2.05, 4.69) is 189 Å². The molecule has 1 aliphatic rings. The van der Waals surface area contributed by atoms with Gasteiger partial charge in [0.25, 0.3) is 0 Å². The van der Waals surface area contributed by atoms with E-state index < -0.39 is 0 Å². The van der Waals surface area contributed by atoms with Crippen LogP contribution < -0.4 is 4.90 Å². The van der Waals surface area contributed by atoms with Crippen LogP contribution in [0.4, 0.5) is 17.1 Å². The van der Waals surface area contributed by atoms with E-state index in [1.807, 2.05) is 6.07 Å². The first-order chi connectivity index (χ1) is 25.0. The van der Waals surface area contributed by atoms with Gasteiger partial charge >= 0.3 is 0 Å². The lowest BCUT2D eigenvalue weighted by atomic mass is 9.82. The van der Waals surface area contributed by atoms with E-state index in [0.717, 1.165) is 60.9 Å². The Morgan fingerprint density at radius 2 is 1.08 bits per heavy atom. The highest BCUT2D eigenvalue weighted by atomic mass is 16.3. The van der Waals surface area contributed by atoms with Crippen molar-refractivity contribution >= 4 is 49.8 Å². The summed E-state index contributed by atoms with van der Waals surface area (Å²) < 4.78 is 6.50. The van der Waals surface area contributed by atoms with E-state index in [0.29, 0.717) is 0 Å². The van der Waals surface area contributed by atoms with Crippen molar-refractivity contribution in [3.8, 4) is 33.4 Å². The topological polar surface area (TPSA) is 16.4 Å². The van der Waals surface area contributed by atoms with Crippen molar-refractivity contribution in [2.24, 2.45) is 0 Å². The van der Waals surface area contributed by atoms with Crippen molar-refractivity contribution in [1.82, 2.24) is 0 Å². The van der Waals surface area contributed by atoms with Gasteiger partial charge in [-0.15, -0.1) is 0 Å². The molecule has 0 unspecified atom stereocenters. The van der Waals surface area contributed by atoms with Crippen LogP contribution in [0.25, 0.3) is 66.1 Å². The first kappa shape index (κ1) is 29.5. The summed E-state index contributed by atoms with van der Waals surface area (Å²) in [5.74, 6) is 0. The zero-order valence-electron chi connectivity index (χ0n) is 28.6. The molecule has 0 aliphatic heterocycles. The molecule has 0 fully saturated rings. The molecule has 1 aliphatic carbocycles. The van der Waals surface area contributed by atoms with Crippen LogP contribution in [0.15, 0.2) is 180 Å². The van der Waals surface area contributed by atoms with Crippen LogP contribution in [0.3, 0.4) is 0 Å². The van der Waals surface area contributed by atoms with Gasteiger partial charge < -0.3 is 9.32 Å². The molecule has 1 aromatic heterocycles. The predicted octanol–water partition coefficient (Wildman–Crippen LogP) is 13.8. The maximum atomic E-state index is 6.50. The minimum absolute atomic E-state index is 0.111. The molecule has 1 heterocycles. The summed E-state index contributed by atoms with van der Waals surface area (Å²) in [6.45, 7) is 4.70. The Morgan fingerprint density at radius 3 is 1.94 bits per heavy atom. The molecule has 0 N–H and O–H groups in total. The maximum Gasteiger partial charge on any atom is 0.143 e. The molecular weight excluding hydrogens is 619 g/mol. The minimum Gasteiger partial charge on any atom is -0.455 e. The van der Waals surface area contributed by atoms with E-state index in [4.69, 9.17) is 4.42 Å². The SMILES string of the molecule is CC1(C)c2ccccc2-c2ccc(N(c3ccc(-c4ccccc4)cc3)c3ccccc3-c3ccc4ccc5c6ccccc6oc5c4c3)cc21. The van der Waals surface area contributed by atoms with E-state index >= 15 is 0 Å². The molecule has 0 saturated heterocycles. The zero-order valence-corrected chi connectivity index (χ0v) is 28.6. The van der Waals surface area contributed by atoms with Crippen LogP contribution >= 0.6 is 0 Å². The number of para-hydroxylation sites is 2. The predicted molar refractivity (Wildman–Crippen MR) is 214 cm³/mol. The summed E-state index contributed by atoms with van der Waals surface area (Å²) in [5, 5.41) is 4.57. The van der Waals surface area contributed by atoms with Gasteiger partial charge in [0.2, 0.25) is 0 Å². The van der Waals surface area contributed by atoms with Gasteiger partial charge in [0, 0.05) is 38.5 Å². The molecule has 0 radical (unpaired) electrons. The number of hydrogen-bond acceptors (Lipinski definition) is 2. The fourth-order valence-electron chi connectivity index (χ4n) is 8.27. The molecule has 51 heavy (non-hydrogen) atoms. The average molecular weight is 654 g/mol. The molecule has 0 bridgehead atoms. The van der Waals surface area contributed by atoms with E-state index in [1.165, 1.54) is 33.4 Å². The average Bonchev–Trinajstić information content (AvgIpc) is 3.68. The van der Waals surface area contributed by atoms with Crippen LogP contribution in [-0.2, 0) is 5.41 Å². The second kappa shape index (κ2) is 11.3. The monoisotopic (exact) mass is 653 g/mol. The number of rotatable bonds is 5. The van der Waals surface area contributed by atoms with Crippen LogP contribution in [-0.4, -0.2) is 0 Å². The normalized spacial score (nSPS) is 13.1. The standard InChI is InChI=1S/C49H35NO/c1-49(2)44-17-9-6-15-39(44)40-29-27-37(31-45(40)49)50(36-25-22-33(23-26-36)32-12-4-3-5-13-32)46-18-10-7-14-38(46)35-21-20-34-24-28-42-41-16-8-11-19-47(41)51-48(42)43(34)30-35/h3-31H,1-2H3. The van der Waals surface area contributed by atoms with Crippen molar-refractivity contribution in [2.75, 3.05) is 4.90 Å². The minimum atomic E-state index is -0.111. The molecule has 242 valence electrons. The lowest BCUT2D eigenvalue weighted by Crippen LogP contribution is -2.16. The highest BCUT2D eigenvalue weighted by molar-refractivity contribution is 6.15. The first-order valence-corrected chi connectivity index (χ1v) is 17.7. The highest BCUT2D eigenvalue weighted by Gasteiger charge is 2.35. The van der Waals surface area contributed by atoms with Gasteiger partial charge in [-0.3, -0.25) is 0 Å². The molecule has 2 heteroatoms. The third-order valence-corrected chi connectivity index (χ3v) is 10.9. The van der Waals surface area contributed by atoms with Crippen LogP contribution in [0.2, 0.25) is 0 Å². The van der Waals surface area contributed by atoms with Gasteiger partial charge in [0.15, 0.2) is 0 Å². The smallest absolute Gasteiger partial charge is 0.143 e. The molecule has 0 atom stereocenters. The summed E-state index contributed by atoms with van der Waals surface area (Å²) >= 11 is 0. The van der Waals surface area contributed by atoms with Crippen LogP contribution in [0, 0.1) is 0 Å². The number of anilines is 3. The molecular formula is C49H35NO. The van der Waals surface area contributed by atoms with Gasteiger partial charge in [0.1, 0.15) is 11.2 Å². The molecule has 0 amide bonds. The lowest BCUT2D eigenvalue weighted by molar-refractivity contribution is 0.660. The van der Waals surface area contributed by atoms with Crippen molar-refractivity contribution in [1.29, 1.82) is 0 Å². The second-order valence-corrected chi connectivity index (χ2v) is 14.1. The number of benzene rings is 8. The Kier molecular flexibility index (Phi) is 6.56. The summed E-state index contributed by atoms with van der Waals surface area (Å²) in [6, 6.07) is 63.7. The fourth-order valence-corrected chi connectivity index (χ4v) is 8.27. The number of furan rings is 1.